The molecule has 6 nitrogen and oxygen atoms in total. The molecule has 1 heterocycles. The van der Waals surface area contributed by atoms with Crippen LogP contribution in [0, 0.1) is 6.92 Å². The van der Waals surface area contributed by atoms with Crippen LogP contribution >= 0.6 is 0 Å². The molecule has 0 aliphatic heterocycles. The van der Waals surface area contributed by atoms with Crippen molar-refractivity contribution in [2.24, 2.45) is 0 Å². The van der Waals surface area contributed by atoms with Gasteiger partial charge in [0.25, 0.3) is 0 Å². The van der Waals surface area contributed by atoms with E-state index in [1.165, 1.54) is 6.26 Å². The summed E-state index contributed by atoms with van der Waals surface area (Å²) in [7, 11) is -3.11. The summed E-state index contributed by atoms with van der Waals surface area (Å²) in [6, 6.07) is 15.1. The van der Waals surface area contributed by atoms with E-state index in [9.17, 15) is 8.42 Å². The second kappa shape index (κ2) is 7.06. The normalized spacial score (nSPS) is 11.4. The van der Waals surface area contributed by atoms with E-state index in [0.29, 0.717) is 23.8 Å². The SMILES string of the molecule is Cc1ccc(-c2noc(CNc3ccccc3CS(C)(=O)=O)n2)cc1. The lowest BCUT2D eigenvalue weighted by atomic mass is 10.1. The highest BCUT2D eigenvalue weighted by Crippen LogP contribution is 2.20. The van der Waals surface area contributed by atoms with Gasteiger partial charge in [0, 0.05) is 17.5 Å². The zero-order chi connectivity index (χ0) is 17.9. The Balaban J connectivity index is 1.72. The van der Waals surface area contributed by atoms with Crippen LogP contribution in [0.1, 0.15) is 17.0 Å². The molecule has 0 radical (unpaired) electrons. The maximum atomic E-state index is 11.5. The standard InChI is InChI=1S/C18H19N3O3S/c1-13-7-9-14(10-8-13)18-20-17(24-21-18)11-19-16-6-4-3-5-15(16)12-25(2,22)23/h3-10,19H,11-12H2,1-2H3. The zero-order valence-corrected chi connectivity index (χ0v) is 14.9. The fraction of sp³-hybridized carbons (Fsp3) is 0.222. The van der Waals surface area contributed by atoms with Crippen molar-refractivity contribution in [3.63, 3.8) is 0 Å². The quantitative estimate of drug-likeness (QED) is 0.729. The van der Waals surface area contributed by atoms with Gasteiger partial charge in [-0.1, -0.05) is 53.2 Å². The van der Waals surface area contributed by atoms with Crippen LogP contribution in [0.3, 0.4) is 0 Å². The third kappa shape index (κ3) is 4.67. The van der Waals surface area contributed by atoms with Crippen LogP contribution in [-0.4, -0.2) is 24.8 Å². The minimum Gasteiger partial charge on any atom is -0.376 e. The smallest absolute Gasteiger partial charge is 0.246 e. The van der Waals surface area contributed by atoms with Crippen molar-refractivity contribution in [3.05, 3.63) is 65.5 Å². The predicted octanol–water partition coefficient (Wildman–Crippen LogP) is 3.20. The molecule has 0 saturated carbocycles. The Hall–Kier alpha value is -2.67. The summed E-state index contributed by atoms with van der Waals surface area (Å²) >= 11 is 0. The molecule has 7 heteroatoms. The van der Waals surface area contributed by atoms with E-state index in [1.807, 2.05) is 49.4 Å². The van der Waals surface area contributed by atoms with Gasteiger partial charge in [-0.2, -0.15) is 4.98 Å². The number of nitrogens with zero attached hydrogens (tertiary/aromatic N) is 2. The molecule has 130 valence electrons. The van der Waals surface area contributed by atoms with Crippen molar-refractivity contribution in [2.75, 3.05) is 11.6 Å². The van der Waals surface area contributed by atoms with Crippen LogP contribution in [0.4, 0.5) is 5.69 Å². The number of rotatable bonds is 6. The largest absolute Gasteiger partial charge is 0.376 e. The van der Waals surface area contributed by atoms with Gasteiger partial charge in [-0.15, -0.1) is 0 Å². The summed E-state index contributed by atoms with van der Waals surface area (Å²) in [5.74, 6) is 0.945. The van der Waals surface area contributed by atoms with Gasteiger partial charge in [0.2, 0.25) is 11.7 Å². The molecule has 0 spiro atoms. The molecule has 0 saturated heterocycles. The summed E-state index contributed by atoms with van der Waals surface area (Å²) in [4.78, 5) is 4.37. The number of para-hydroxylation sites is 1. The van der Waals surface area contributed by atoms with E-state index in [1.54, 1.807) is 6.07 Å². The van der Waals surface area contributed by atoms with Crippen LogP contribution in [0.5, 0.6) is 0 Å². The first-order chi connectivity index (χ1) is 11.9. The second-order valence-electron chi connectivity index (χ2n) is 5.96. The van der Waals surface area contributed by atoms with Crippen molar-refractivity contribution >= 4 is 15.5 Å². The number of aryl methyl sites for hydroxylation is 1. The maximum absolute atomic E-state index is 11.5. The molecule has 1 N–H and O–H groups in total. The van der Waals surface area contributed by atoms with Gasteiger partial charge in [0.05, 0.1) is 12.3 Å². The molecule has 0 amide bonds. The Morgan fingerprint density at radius 1 is 1.08 bits per heavy atom. The molecule has 0 aliphatic carbocycles. The fourth-order valence-corrected chi connectivity index (χ4v) is 3.24. The molecular weight excluding hydrogens is 338 g/mol. The lowest BCUT2D eigenvalue weighted by molar-refractivity contribution is 0.384. The topological polar surface area (TPSA) is 85.1 Å². The highest BCUT2D eigenvalue weighted by atomic mass is 32.2. The number of anilines is 1. The number of benzene rings is 2. The summed E-state index contributed by atoms with van der Waals surface area (Å²) < 4.78 is 28.4. The Bertz CT molecular complexity index is 963. The molecule has 2 aromatic carbocycles. The molecule has 0 bridgehead atoms. The highest BCUT2D eigenvalue weighted by molar-refractivity contribution is 7.89. The lowest BCUT2D eigenvalue weighted by Gasteiger charge is -2.09. The minimum atomic E-state index is -3.11. The summed E-state index contributed by atoms with van der Waals surface area (Å²) in [5, 5.41) is 7.15. The number of aromatic nitrogens is 2. The van der Waals surface area contributed by atoms with Crippen LogP contribution < -0.4 is 5.32 Å². The molecular formula is C18H19N3O3S. The lowest BCUT2D eigenvalue weighted by Crippen LogP contribution is -2.06. The van der Waals surface area contributed by atoms with Gasteiger partial charge in [-0.05, 0) is 18.6 Å². The maximum Gasteiger partial charge on any atom is 0.246 e. The molecule has 0 aliphatic rings. The van der Waals surface area contributed by atoms with E-state index in [4.69, 9.17) is 4.52 Å². The van der Waals surface area contributed by atoms with E-state index in [0.717, 1.165) is 16.8 Å². The van der Waals surface area contributed by atoms with Gasteiger partial charge < -0.3 is 9.84 Å². The fourth-order valence-electron chi connectivity index (χ4n) is 2.42. The molecule has 0 unspecified atom stereocenters. The molecule has 3 aromatic rings. The van der Waals surface area contributed by atoms with E-state index in [-0.39, 0.29) is 5.75 Å². The van der Waals surface area contributed by atoms with E-state index >= 15 is 0 Å². The molecule has 25 heavy (non-hydrogen) atoms. The average Bonchev–Trinajstić information content (AvgIpc) is 3.02. The van der Waals surface area contributed by atoms with E-state index in [2.05, 4.69) is 15.5 Å². The Morgan fingerprint density at radius 2 is 1.80 bits per heavy atom. The Kier molecular flexibility index (Phi) is 4.85. The van der Waals surface area contributed by atoms with Crippen molar-refractivity contribution < 1.29 is 12.9 Å². The Labute approximate surface area is 146 Å². The van der Waals surface area contributed by atoms with Gasteiger partial charge in [-0.3, -0.25) is 0 Å². The third-order valence-corrected chi connectivity index (χ3v) is 4.48. The van der Waals surface area contributed by atoms with Crippen molar-refractivity contribution in [1.29, 1.82) is 0 Å². The third-order valence-electron chi connectivity index (χ3n) is 3.64. The van der Waals surface area contributed by atoms with Crippen LogP contribution in [0.2, 0.25) is 0 Å². The number of hydrogen-bond donors (Lipinski definition) is 1. The predicted molar refractivity (Wildman–Crippen MR) is 96.8 cm³/mol. The highest BCUT2D eigenvalue weighted by Gasteiger charge is 2.11. The summed E-state index contributed by atoms with van der Waals surface area (Å²) in [6.07, 6.45) is 1.22. The summed E-state index contributed by atoms with van der Waals surface area (Å²) in [6.45, 7) is 2.34. The molecule has 1 aromatic heterocycles. The van der Waals surface area contributed by atoms with Gasteiger partial charge in [0.1, 0.15) is 0 Å². The monoisotopic (exact) mass is 357 g/mol. The molecule has 3 rings (SSSR count). The van der Waals surface area contributed by atoms with Crippen molar-refractivity contribution in [1.82, 2.24) is 10.1 Å². The molecule has 0 atom stereocenters. The number of sulfone groups is 1. The number of hydrogen-bond acceptors (Lipinski definition) is 6. The first-order valence-electron chi connectivity index (χ1n) is 7.80. The van der Waals surface area contributed by atoms with Gasteiger partial charge in [0.15, 0.2) is 9.84 Å². The molecule has 0 fully saturated rings. The van der Waals surface area contributed by atoms with Crippen LogP contribution in [0.25, 0.3) is 11.4 Å². The van der Waals surface area contributed by atoms with Crippen molar-refractivity contribution in [2.45, 2.75) is 19.2 Å². The van der Waals surface area contributed by atoms with Crippen molar-refractivity contribution in [3.8, 4) is 11.4 Å². The first-order valence-corrected chi connectivity index (χ1v) is 9.86. The zero-order valence-electron chi connectivity index (χ0n) is 14.1. The van der Waals surface area contributed by atoms with Gasteiger partial charge >= 0.3 is 0 Å². The minimum absolute atomic E-state index is 0.0192. The summed E-state index contributed by atoms with van der Waals surface area (Å²) in [5.41, 5.74) is 3.50. The number of nitrogens with one attached hydrogen (secondary N) is 1. The van der Waals surface area contributed by atoms with Crippen LogP contribution in [0.15, 0.2) is 53.1 Å². The first kappa shape index (κ1) is 17.2. The van der Waals surface area contributed by atoms with Crippen LogP contribution in [-0.2, 0) is 22.1 Å². The van der Waals surface area contributed by atoms with E-state index < -0.39 is 9.84 Å². The second-order valence-corrected chi connectivity index (χ2v) is 8.10. The average molecular weight is 357 g/mol. The van der Waals surface area contributed by atoms with Gasteiger partial charge in [-0.25, -0.2) is 8.42 Å². The Morgan fingerprint density at radius 3 is 2.52 bits per heavy atom.